The number of fused-ring (bicyclic) bond motifs is 1. The fourth-order valence-electron chi connectivity index (χ4n) is 2.74. The van der Waals surface area contributed by atoms with Gasteiger partial charge in [0.25, 0.3) is 5.91 Å². The zero-order valence-electron chi connectivity index (χ0n) is 15.6. The van der Waals surface area contributed by atoms with Gasteiger partial charge < -0.3 is 10.1 Å². The number of aromatic nitrogens is 4. The van der Waals surface area contributed by atoms with Crippen LogP contribution in [-0.4, -0.2) is 38.3 Å². The van der Waals surface area contributed by atoms with Gasteiger partial charge in [-0.1, -0.05) is 35.9 Å². The normalized spacial score (nSPS) is 11.5. The maximum absolute atomic E-state index is 12.7. The average Bonchev–Trinajstić information content (AvgIpc) is 3.16. The summed E-state index contributed by atoms with van der Waals surface area (Å²) in [5.74, 6) is -0.855. The Morgan fingerprint density at radius 3 is 2.68 bits per heavy atom. The Morgan fingerprint density at radius 1 is 1.10 bits per heavy atom. The molecule has 3 heterocycles. The summed E-state index contributed by atoms with van der Waals surface area (Å²) in [7, 11) is 0. The maximum atomic E-state index is 12.7. The van der Waals surface area contributed by atoms with E-state index in [4.69, 9.17) is 11.6 Å². The zero-order valence-corrected chi connectivity index (χ0v) is 16.4. The van der Waals surface area contributed by atoms with Crippen LogP contribution in [0.2, 0.25) is 5.02 Å². The summed E-state index contributed by atoms with van der Waals surface area (Å²) in [6.45, 7) is -1.49. The first-order valence-corrected chi connectivity index (χ1v) is 9.25. The van der Waals surface area contributed by atoms with E-state index >= 15 is 0 Å². The lowest BCUT2D eigenvalue weighted by Gasteiger charge is -2.10. The third-order valence-corrected chi connectivity index (χ3v) is 4.42. The number of anilines is 1. The van der Waals surface area contributed by atoms with Gasteiger partial charge in [-0.25, -0.2) is 9.50 Å². The highest BCUT2D eigenvalue weighted by atomic mass is 35.5. The second-order valence-corrected chi connectivity index (χ2v) is 6.74. The number of hydrogen-bond acceptors (Lipinski definition) is 5. The quantitative estimate of drug-likeness (QED) is 0.482. The summed E-state index contributed by atoms with van der Waals surface area (Å²) in [4.78, 5) is 20.7. The molecule has 0 aliphatic rings. The molecule has 11 heteroatoms. The molecule has 0 unspecified atom stereocenters. The highest BCUT2D eigenvalue weighted by Gasteiger charge is 2.28. The molecular formula is C20H13ClF3N5O2. The van der Waals surface area contributed by atoms with Crippen LogP contribution in [0.1, 0.15) is 10.5 Å². The number of ether oxygens (including phenoxy) is 1. The van der Waals surface area contributed by atoms with Gasteiger partial charge in [0.05, 0.1) is 16.9 Å². The lowest BCUT2D eigenvalue weighted by molar-refractivity contribution is -0.154. The van der Waals surface area contributed by atoms with Crippen molar-refractivity contribution in [1.29, 1.82) is 0 Å². The average molecular weight is 448 g/mol. The Balaban J connectivity index is 1.59. The molecule has 0 aliphatic carbocycles. The van der Waals surface area contributed by atoms with Crippen LogP contribution in [0.5, 0.6) is 5.88 Å². The van der Waals surface area contributed by atoms with Crippen LogP contribution in [0.25, 0.3) is 16.9 Å². The SMILES string of the molecule is O=C(Nc1cccc(OCC(F)(F)F)n1)c1cnc2ccc(-c3ccccc3Cl)nn12. The highest BCUT2D eigenvalue weighted by molar-refractivity contribution is 6.33. The van der Waals surface area contributed by atoms with Crippen LogP contribution >= 0.6 is 11.6 Å². The van der Waals surface area contributed by atoms with Crippen LogP contribution in [0.15, 0.2) is 60.8 Å². The number of amides is 1. The summed E-state index contributed by atoms with van der Waals surface area (Å²) in [6.07, 6.45) is -3.17. The first-order valence-electron chi connectivity index (χ1n) is 8.88. The smallest absolute Gasteiger partial charge is 0.422 e. The maximum Gasteiger partial charge on any atom is 0.422 e. The number of halogens is 4. The minimum absolute atomic E-state index is 0.0156. The molecule has 1 N–H and O–H groups in total. The summed E-state index contributed by atoms with van der Waals surface area (Å²) in [5.41, 5.74) is 1.75. The Hall–Kier alpha value is -3.66. The van der Waals surface area contributed by atoms with Crippen molar-refractivity contribution in [3.05, 3.63) is 71.5 Å². The molecule has 4 rings (SSSR count). The van der Waals surface area contributed by atoms with Gasteiger partial charge in [-0.2, -0.15) is 23.3 Å². The molecule has 7 nitrogen and oxygen atoms in total. The Morgan fingerprint density at radius 2 is 1.90 bits per heavy atom. The van der Waals surface area contributed by atoms with Crippen LogP contribution in [0.4, 0.5) is 19.0 Å². The molecule has 0 saturated heterocycles. The number of benzene rings is 1. The fraction of sp³-hybridized carbons (Fsp3) is 0.100. The number of nitrogens with zero attached hydrogens (tertiary/aromatic N) is 4. The Labute approximate surface area is 178 Å². The van der Waals surface area contributed by atoms with Gasteiger partial charge in [-0.05, 0) is 24.3 Å². The second kappa shape index (κ2) is 8.23. The molecular weight excluding hydrogens is 435 g/mol. The number of pyridine rings is 1. The lowest BCUT2D eigenvalue weighted by Crippen LogP contribution is -2.20. The molecule has 0 saturated carbocycles. The molecule has 158 valence electrons. The van der Waals surface area contributed by atoms with E-state index in [9.17, 15) is 18.0 Å². The number of imidazole rings is 1. The lowest BCUT2D eigenvalue weighted by atomic mass is 10.1. The molecule has 1 aromatic carbocycles. The molecule has 31 heavy (non-hydrogen) atoms. The summed E-state index contributed by atoms with van der Waals surface area (Å²) >= 11 is 6.23. The molecule has 0 aliphatic heterocycles. The number of alkyl halides is 3. The first kappa shape index (κ1) is 20.6. The number of nitrogens with one attached hydrogen (secondary N) is 1. The van der Waals surface area contributed by atoms with Gasteiger partial charge in [-0.15, -0.1) is 0 Å². The predicted molar refractivity (Wildman–Crippen MR) is 107 cm³/mol. The zero-order chi connectivity index (χ0) is 22.0. The van der Waals surface area contributed by atoms with Gasteiger partial charge in [0, 0.05) is 11.6 Å². The highest BCUT2D eigenvalue weighted by Crippen LogP contribution is 2.26. The van der Waals surface area contributed by atoms with Crippen LogP contribution in [0, 0.1) is 0 Å². The molecule has 1 amide bonds. The number of carbonyl (C=O) groups excluding carboxylic acids is 1. The van der Waals surface area contributed by atoms with E-state index in [0.717, 1.165) is 0 Å². The van der Waals surface area contributed by atoms with Crippen molar-refractivity contribution < 1.29 is 22.7 Å². The van der Waals surface area contributed by atoms with Crippen molar-refractivity contribution in [2.75, 3.05) is 11.9 Å². The van der Waals surface area contributed by atoms with Gasteiger partial charge in [0.15, 0.2) is 17.9 Å². The number of carbonyl (C=O) groups is 1. The minimum Gasteiger partial charge on any atom is -0.468 e. The minimum atomic E-state index is -4.50. The van der Waals surface area contributed by atoms with Crippen molar-refractivity contribution in [2.24, 2.45) is 0 Å². The summed E-state index contributed by atoms with van der Waals surface area (Å²) in [6, 6.07) is 14.6. The van der Waals surface area contributed by atoms with Crippen molar-refractivity contribution in [2.45, 2.75) is 6.18 Å². The standard InChI is InChI=1S/C20H13ClF3N5O2/c21-13-5-2-1-4-12(13)14-8-9-17-25-10-15(29(17)28-14)19(30)27-16-6-3-7-18(26-16)31-11-20(22,23)24/h1-10H,11H2,(H,26,27,30). The monoisotopic (exact) mass is 447 g/mol. The van der Waals surface area contributed by atoms with Crippen molar-refractivity contribution in [1.82, 2.24) is 19.6 Å². The summed E-state index contributed by atoms with van der Waals surface area (Å²) < 4.78 is 42.9. The van der Waals surface area contributed by atoms with E-state index in [1.165, 1.54) is 28.9 Å². The van der Waals surface area contributed by atoms with E-state index in [1.54, 1.807) is 30.3 Å². The molecule has 0 bridgehead atoms. The van der Waals surface area contributed by atoms with E-state index in [2.05, 4.69) is 25.1 Å². The van der Waals surface area contributed by atoms with E-state index in [1.807, 2.05) is 6.07 Å². The van der Waals surface area contributed by atoms with Crippen LogP contribution < -0.4 is 10.1 Å². The Bertz CT molecular complexity index is 1260. The third-order valence-electron chi connectivity index (χ3n) is 4.09. The van der Waals surface area contributed by atoms with E-state index < -0.39 is 18.7 Å². The number of hydrogen-bond donors (Lipinski definition) is 1. The van der Waals surface area contributed by atoms with Crippen LogP contribution in [0.3, 0.4) is 0 Å². The van der Waals surface area contributed by atoms with Crippen molar-refractivity contribution >= 4 is 29.0 Å². The number of rotatable bonds is 5. The molecule has 0 spiro atoms. The fourth-order valence-corrected chi connectivity index (χ4v) is 2.97. The summed E-state index contributed by atoms with van der Waals surface area (Å²) in [5, 5.41) is 7.45. The molecule has 0 atom stereocenters. The topological polar surface area (TPSA) is 81.4 Å². The van der Waals surface area contributed by atoms with E-state index in [-0.39, 0.29) is 17.4 Å². The molecule has 3 aromatic heterocycles. The Kier molecular flexibility index (Phi) is 5.47. The third kappa shape index (κ3) is 4.75. The molecule has 4 aromatic rings. The predicted octanol–water partition coefficient (Wildman–Crippen LogP) is 4.64. The van der Waals surface area contributed by atoms with Gasteiger partial charge in [0.1, 0.15) is 5.82 Å². The van der Waals surface area contributed by atoms with Gasteiger partial charge in [-0.3, -0.25) is 4.79 Å². The van der Waals surface area contributed by atoms with Crippen LogP contribution in [-0.2, 0) is 0 Å². The van der Waals surface area contributed by atoms with E-state index in [0.29, 0.717) is 21.9 Å². The first-order chi connectivity index (χ1) is 14.8. The second-order valence-electron chi connectivity index (χ2n) is 6.33. The molecule has 0 radical (unpaired) electrons. The largest absolute Gasteiger partial charge is 0.468 e. The van der Waals surface area contributed by atoms with Gasteiger partial charge >= 0.3 is 6.18 Å². The van der Waals surface area contributed by atoms with Crippen molar-refractivity contribution in [3.8, 4) is 17.1 Å². The molecule has 0 fully saturated rings. The van der Waals surface area contributed by atoms with Crippen molar-refractivity contribution in [3.63, 3.8) is 0 Å². The van der Waals surface area contributed by atoms with Gasteiger partial charge in [0.2, 0.25) is 5.88 Å².